The van der Waals surface area contributed by atoms with Gasteiger partial charge in [0.25, 0.3) is 0 Å². The molecule has 1 aromatic carbocycles. The number of nitrogens with zero attached hydrogens (tertiary/aromatic N) is 3. The fraction of sp³-hybridized carbons (Fsp3) is 0. The zero-order valence-corrected chi connectivity index (χ0v) is 11.1. The molecule has 0 radical (unpaired) electrons. The molecule has 4 aromatic rings. The lowest BCUT2D eigenvalue weighted by Gasteiger charge is -2.02. The van der Waals surface area contributed by atoms with Gasteiger partial charge in [0.05, 0.1) is 22.8 Å². The van der Waals surface area contributed by atoms with Crippen LogP contribution in [0.5, 0.6) is 0 Å². The van der Waals surface area contributed by atoms with Crippen LogP contribution in [0.15, 0.2) is 67.1 Å². The molecule has 0 saturated heterocycles. The van der Waals surface area contributed by atoms with Crippen molar-refractivity contribution < 1.29 is 4.79 Å². The summed E-state index contributed by atoms with van der Waals surface area (Å²) in [5, 5.41) is 5.23. The Morgan fingerprint density at radius 1 is 1.05 bits per heavy atom. The zero-order valence-electron chi connectivity index (χ0n) is 11.1. The highest BCUT2D eigenvalue weighted by atomic mass is 16.1. The quantitative estimate of drug-likeness (QED) is 0.527. The van der Waals surface area contributed by atoms with Crippen LogP contribution < -0.4 is 0 Å². The summed E-state index contributed by atoms with van der Waals surface area (Å²) in [4.78, 5) is 17.0. The summed E-state index contributed by atoms with van der Waals surface area (Å²) in [6.07, 6.45) is 5.17. The molecule has 0 spiro atoms. The van der Waals surface area contributed by atoms with Crippen LogP contribution in [0.3, 0.4) is 0 Å². The molecule has 0 amide bonds. The van der Waals surface area contributed by atoms with Crippen molar-refractivity contribution in [3.63, 3.8) is 0 Å². The number of benzene rings is 1. The van der Waals surface area contributed by atoms with Crippen LogP contribution in [-0.4, -0.2) is 20.4 Å². The Kier molecular flexibility index (Phi) is 2.54. The van der Waals surface area contributed by atoms with Crippen molar-refractivity contribution in [1.82, 2.24) is 14.6 Å². The lowest BCUT2D eigenvalue weighted by Crippen LogP contribution is -2.01. The predicted octanol–water partition coefficient (Wildman–Crippen LogP) is 3.11. The van der Waals surface area contributed by atoms with Crippen molar-refractivity contribution in [3.05, 3.63) is 78.2 Å². The van der Waals surface area contributed by atoms with Crippen molar-refractivity contribution in [3.8, 4) is 0 Å². The van der Waals surface area contributed by atoms with E-state index in [1.165, 1.54) is 0 Å². The van der Waals surface area contributed by atoms with E-state index in [1.807, 2.05) is 54.7 Å². The molecule has 4 heteroatoms. The van der Waals surface area contributed by atoms with Crippen molar-refractivity contribution >= 4 is 22.2 Å². The van der Waals surface area contributed by atoms with Crippen molar-refractivity contribution in [2.75, 3.05) is 0 Å². The van der Waals surface area contributed by atoms with Gasteiger partial charge < -0.3 is 0 Å². The van der Waals surface area contributed by atoms with E-state index >= 15 is 0 Å². The number of aromatic nitrogens is 3. The molecule has 0 N–H and O–H groups in total. The van der Waals surface area contributed by atoms with Crippen molar-refractivity contribution in [2.24, 2.45) is 0 Å². The molecule has 4 rings (SSSR count). The topological polar surface area (TPSA) is 47.3 Å². The van der Waals surface area contributed by atoms with Gasteiger partial charge in [-0.15, -0.1) is 0 Å². The van der Waals surface area contributed by atoms with Gasteiger partial charge in [-0.2, -0.15) is 5.10 Å². The SMILES string of the molecule is O=C(c1ccc2cccnc2c1)c1cnn2ccccc12. The fourth-order valence-corrected chi connectivity index (χ4v) is 2.47. The first-order chi connectivity index (χ1) is 10.3. The Morgan fingerprint density at radius 2 is 2.00 bits per heavy atom. The Hall–Kier alpha value is -3.01. The number of carbonyl (C=O) groups excluding carboxylic acids is 1. The molecular formula is C17H11N3O. The van der Waals surface area contributed by atoms with Crippen LogP contribution in [0.4, 0.5) is 0 Å². The Bertz CT molecular complexity index is 972. The molecule has 3 aromatic heterocycles. The fourth-order valence-electron chi connectivity index (χ4n) is 2.47. The first-order valence-electron chi connectivity index (χ1n) is 6.65. The van der Waals surface area contributed by atoms with E-state index in [1.54, 1.807) is 16.9 Å². The van der Waals surface area contributed by atoms with Crippen LogP contribution >= 0.6 is 0 Å². The van der Waals surface area contributed by atoms with Crippen LogP contribution in [0, 0.1) is 0 Å². The first kappa shape index (κ1) is 11.8. The summed E-state index contributed by atoms with van der Waals surface area (Å²) < 4.78 is 1.70. The molecular weight excluding hydrogens is 262 g/mol. The summed E-state index contributed by atoms with van der Waals surface area (Å²) in [6.45, 7) is 0. The van der Waals surface area contributed by atoms with Crippen LogP contribution in [0.2, 0.25) is 0 Å². The Balaban J connectivity index is 1.86. The maximum absolute atomic E-state index is 12.7. The van der Waals surface area contributed by atoms with Gasteiger partial charge >= 0.3 is 0 Å². The van der Waals surface area contributed by atoms with E-state index in [4.69, 9.17) is 0 Å². The number of hydrogen-bond donors (Lipinski definition) is 0. The second-order valence-electron chi connectivity index (χ2n) is 4.83. The lowest BCUT2D eigenvalue weighted by atomic mass is 10.0. The van der Waals surface area contributed by atoms with Gasteiger partial charge in [-0.25, -0.2) is 4.52 Å². The molecule has 0 aliphatic rings. The molecule has 4 nitrogen and oxygen atoms in total. The zero-order chi connectivity index (χ0) is 14.2. The second kappa shape index (κ2) is 4.52. The minimum Gasteiger partial charge on any atom is -0.288 e. The highest BCUT2D eigenvalue weighted by molar-refractivity contribution is 6.14. The third-order valence-electron chi connectivity index (χ3n) is 3.54. The minimum absolute atomic E-state index is 0.0382. The molecule has 0 saturated carbocycles. The lowest BCUT2D eigenvalue weighted by molar-refractivity contribution is 0.104. The Morgan fingerprint density at radius 3 is 2.95 bits per heavy atom. The number of ketones is 1. The molecule has 0 aliphatic carbocycles. The van der Waals surface area contributed by atoms with E-state index in [2.05, 4.69) is 10.1 Å². The molecule has 0 bridgehead atoms. The van der Waals surface area contributed by atoms with Crippen LogP contribution in [0.25, 0.3) is 16.4 Å². The maximum Gasteiger partial charge on any atom is 0.196 e. The van der Waals surface area contributed by atoms with Gasteiger partial charge in [0.1, 0.15) is 0 Å². The number of fused-ring (bicyclic) bond motifs is 2. The highest BCUT2D eigenvalue weighted by Crippen LogP contribution is 2.19. The smallest absolute Gasteiger partial charge is 0.196 e. The van der Waals surface area contributed by atoms with Gasteiger partial charge in [-0.1, -0.05) is 24.3 Å². The van der Waals surface area contributed by atoms with E-state index in [0.717, 1.165) is 16.4 Å². The van der Waals surface area contributed by atoms with Gasteiger partial charge in [-0.05, 0) is 24.3 Å². The van der Waals surface area contributed by atoms with Gasteiger partial charge in [0.2, 0.25) is 0 Å². The molecule has 100 valence electrons. The number of hydrogen-bond acceptors (Lipinski definition) is 3. The average Bonchev–Trinajstić information content (AvgIpc) is 2.98. The molecule has 21 heavy (non-hydrogen) atoms. The summed E-state index contributed by atoms with van der Waals surface area (Å²) in [6, 6.07) is 15.1. The van der Waals surface area contributed by atoms with E-state index in [9.17, 15) is 4.79 Å². The first-order valence-corrected chi connectivity index (χ1v) is 6.65. The van der Waals surface area contributed by atoms with Crippen LogP contribution in [-0.2, 0) is 0 Å². The summed E-state index contributed by atoms with van der Waals surface area (Å²) in [7, 11) is 0. The predicted molar refractivity (Wildman–Crippen MR) is 80.4 cm³/mol. The number of pyridine rings is 2. The van der Waals surface area contributed by atoms with Gasteiger partial charge in [0.15, 0.2) is 5.78 Å². The molecule has 0 aliphatic heterocycles. The Labute approximate surface area is 120 Å². The third kappa shape index (κ3) is 1.89. The molecule has 0 unspecified atom stereocenters. The monoisotopic (exact) mass is 273 g/mol. The van der Waals surface area contributed by atoms with Crippen molar-refractivity contribution in [2.45, 2.75) is 0 Å². The normalized spacial score (nSPS) is 11.0. The average molecular weight is 273 g/mol. The molecule has 0 atom stereocenters. The third-order valence-corrected chi connectivity index (χ3v) is 3.54. The van der Waals surface area contributed by atoms with E-state index < -0.39 is 0 Å². The molecule has 3 heterocycles. The largest absolute Gasteiger partial charge is 0.288 e. The standard InChI is InChI=1S/C17H11N3O/c21-17(14-11-19-20-9-2-1-5-16(14)20)13-7-6-12-4-3-8-18-15(12)10-13/h1-11H. The summed E-state index contributed by atoms with van der Waals surface area (Å²) in [5.74, 6) is -0.0382. The second-order valence-corrected chi connectivity index (χ2v) is 4.83. The van der Waals surface area contributed by atoms with Crippen LogP contribution in [0.1, 0.15) is 15.9 Å². The van der Waals surface area contributed by atoms with Gasteiger partial charge in [0, 0.05) is 23.3 Å². The van der Waals surface area contributed by atoms with Crippen molar-refractivity contribution in [1.29, 1.82) is 0 Å². The maximum atomic E-state index is 12.7. The van der Waals surface area contributed by atoms with E-state index in [-0.39, 0.29) is 5.78 Å². The summed E-state index contributed by atoms with van der Waals surface area (Å²) >= 11 is 0. The number of rotatable bonds is 2. The van der Waals surface area contributed by atoms with E-state index in [0.29, 0.717) is 11.1 Å². The highest BCUT2D eigenvalue weighted by Gasteiger charge is 2.14. The number of carbonyl (C=O) groups is 1. The summed E-state index contributed by atoms with van der Waals surface area (Å²) in [5.41, 5.74) is 2.86. The van der Waals surface area contributed by atoms with Gasteiger partial charge in [-0.3, -0.25) is 9.78 Å². The molecule has 0 fully saturated rings. The minimum atomic E-state index is -0.0382.